The van der Waals surface area contributed by atoms with Gasteiger partial charge < -0.3 is 4.90 Å². The fourth-order valence-corrected chi connectivity index (χ4v) is 6.33. The van der Waals surface area contributed by atoms with Gasteiger partial charge in [0.25, 0.3) is 0 Å². The smallest absolute Gasteiger partial charge is 0.372 e. The van der Waals surface area contributed by atoms with E-state index in [0.717, 1.165) is 58.6 Å². The number of benzene rings is 3. The Kier molecular flexibility index (Phi) is 8.01. The topological polar surface area (TPSA) is 16.1 Å². The van der Waals surface area contributed by atoms with E-state index < -0.39 is 11.7 Å². The van der Waals surface area contributed by atoms with Crippen LogP contribution >= 0.6 is 0 Å². The Labute approximate surface area is 245 Å². The maximum absolute atomic E-state index is 14.0. The number of alkyl halides is 3. The molecule has 0 amide bonds. The van der Waals surface area contributed by atoms with Gasteiger partial charge in [0, 0.05) is 30.2 Å². The third kappa shape index (κ3) is 6.06. The van der Waals surface area contributed by atoms with Gasteiger partial charge in [-0.05, 0) is 90.0 Å². The van der Waals surface area contributed by atoms with Gasteiger partial charge in [-0.1, -0.05) is 85.5 Å². The van der Waals surface area contributed by atoms with Crippen molar-refractivity contribution in [2.24, 2.45) is 0 Å². The number of nitrogens with zero attached hydrogens (tertiary/aromatic N) is 2. The van der Waals surface area contributed by atoms with Crippen LogP contribution in [-0.2, 0) is 12.8 Å². The second-order valence-electron chi connectivity index (χ2n) is 11.4. The Hall–Kier alpha value is -4.12. The molecule has 2 aliphatic rings. The molecule has 4 aromatic rings. The van der Waals surface area contributed by atoms with Gasteiger partial charge in [-0.15, -0.1) is 0 Å². The van der Waals surface area contributed by atoms with Crippen LogP contribution in [-0.4, -0.2) is 29.1 Å². The summed E-state index contributed by atoms with van der Waals surface area (Å²) in [6.07, 6.45) is 4.49. The van der Waals surface area contributed by atoms with E-state index in [1.165, 1.54) is 24.8 Å². The van der Waals surface area contributed by atoms with Crippen LogP contribution in [0.4, 0.5) is 13.2 Å². The normalized spacial score (nSPS) is 15.2. The standard InChI is InChI=1S/C37H35F3N2/c1-26(42-19-6-3-7-20-42)30-15-8-13-28(23-30)21-29-14-9-16-31(24-29)35-32(22-27-11-4-2-5-12-27)25-41-36-33(35)17-10-18-34(36)37(38,39)40/h2,4-5,8-9,11-17,23-25H,1,3,6-7,10,18-22H2. The minimum atomic E-state index is -4.40. The van der Waals surface area contributed by atoms with Crippen LogP contribution in [0.3, 0.4) is 0 Å². The van der Waals surface area contributed by atoms with Crippen LogP contribution in [0.15, 0.2) is 91.6 Å². The van der Waals surface area contributed by atoms with Crippen LogP contribution < -0.4 is 10.6 Å². The molecule has 42 heavy (non-hydrogen) atoms. The van der Waals surface area contributed by atoms with Crippen molar-refractivity contribution in [2.75, 3.05) is 13.1 Å². The molecule has 2 heterocycles. The van der Waals surface area contributed by atoms with E-state index in [2.05, 4.69) is 52.9 Å². The molecule has 5 heteroatoms. The molecule has 0 atom stereocenters. The summed E-state index contributed by atoms with van der Waals surface area (Å²) in [6.45, 7) is 6.50. The quantitative estimate of drug-likeness (QED) is 0.229. The van der Waals surface area contributed by atoms with Crippen LogP contribution in [0.2, 0.25) is 0 Å². The SMILES string of the molecule is C=C(c1cccc(Cc2cccc(-c3c(Cc4ccccc4)cnc4c3=CCCC=4C(F)(F)F)c2)c1)N1CCCCC1. The van der Waals surface area contributed by atoms with Crippen molar-refractivity contribution >= 4 is 17.3 Å². The molecule has 1 fully saturated rings. The molecular weight excluding hydrogens is 529 g/mol. The van der Waals surface area contributed by atoms with Gasteiger partial charge in [-0.25, -0.2) is 0 Å². The monoisotopic (exact) mass is 564 g/mol. The van der Waals surface area contributed by atoms with Gasteiger partial charge in [-0.3, -0.25) is 4.98 Å². The van der Waals surface area contributed by atoms with E-state index in [-0.39, 0.29) is 11.8 Å². The molecule has 0 bridgehead atoms. The van der Waals surface area contributed by atoms with Crippen molar-refractivity contribution in [1.29, 1.82) is 0 Å². The average molecular weight is 565 g/mol. The lowest BCUT2D eigenvalue weighted by atomic mass is 9.90. The first-order valence-corrected chi connectivity index (χ1v) is 14.8. The molecule has 1 saturated heterocycles. The summed E-state index contributed by atoms with van der Waals surface area (Å²) < 4.78 is 42.0. The van der Waals surface area contributed by atoms with Crippen molar-refractivity contribution in [3.63, 3.8) is 0 Å². The van der Waals surface area contributed by atoms with E-state index in [1.807, 2.05) is 48.5 Å². The van der Waals surface area contributed by atoms with Crippen molar-refractivity contribution < 1.29 is 13.2 Å². The summed E-state index contributed by atoms with van der Waals surface area (Å²) in [5, 5.41) is 0.661. The van der Waals surface area contributed by atoms with E-state index in [0.29, 0.717) is 18.1 Å². The Morgan fingerprint density at radius 3 is 2.29 bits per heavy atom. The van der Waals surface area contributed by atoms with Crippen LogP contribution in [0.5, 0.6) is 0 Å². The van der Waals surface area contributed by atoms with Crippen molar-refractivity contribution in [2.45, 2.75) is 51.1 Å². The fourth-order valence-electron chi connectivity index (χ4n) is 6.33. The number of pyridine rings is 1. The van der Waals surface area contributed by atoms with Crippen molar-refractivity contribution in [1.82, 2.24) is 9.88 Å². The lowest BCUT2D eigenvalue weighted by molar-refractivity contribution is -0.0729. The number of piperidine rings is 1. The molecule has 0 unspecified atom stereocenters. The highest BCUT2D eigenvalue weighted by Crippen LogP contribution is 2.31. The first kappa shape index (κ1) is 28.0. The maximum Gasteiger partial charge on any atom is 0.414 e. The fraction of sp³-hybridized carbons (Fsp3) is 0.270. The van der Waals surface area contributed by atoms with Gasteiger partial charge in [0.15, 0.2) is 0 Å². The number of aromatic nitrogens is 1. The van der Waals surface area contributed by atoms with Gasteiger partial charge in [0.1, 0.15) is 0 Å². The summed E-state index contributed by atoms with van der Waals surface area (Å²) in [7, 11) is 0. The molecule has 0 radical (unpaired) electrons. The average Bonchev–Trinajstić information content (AvgIpc) is 3.01. The third-order valence-electron chi connectivity index (χ3n) is 8.43. The Balaban J connectivity index is 1.39. The zero-order chi connectivity index (χ0) is 29.1. The van der Waals surface area contributed by atoms with Crippen LogP contribution in [0.1, 0.15) is 59.9 Å². The van der Waals surface area contributed by atoms with E-state index in [4.69, 9.17) is 0 Å². The zero-order valence-corrected chi connectivity index (χ0v) is 23.8. The summed E-state index contributed by atoms with van der Waals surface area (Å²) >= 11 is 0. The molecule has 1 aliphatic heterocycles. The number of halogens is 3. The maximum atomic E-state index is 14.0. The summed E-state index contributed by atoms with van der Waals surface area (Å²) in [5.41, 5.74) is 7.77. The summed E-state index contributed by atoms with van der Waals surface area (Å²) in [6, 6.07) is 26.8. The molecule has 0 saturated carbocycles. The van der Waals surface area contributed by atoms with Gasteiger partial charge in [0.2, 0.25) is 0 Å². The molecule has 6 rings (SSSR count). The molecule has 1 aliphatic carbocycles. The predicted molar refractivity (Wildman–Crippen MR) is 165 cm³/mol. The summed E-state index contributed by atoms with van der Waals surface area (Å²) in [5.74, 6) is 0. The van der Waals surface area contributed by atoms with Crippen molar-refractivity contribution in [3.05, 3.63) is 130 Å². The van der Waals surface area contributed by atoms with Gasteiger partial charge in [0.05, 0.1) is 10.9 Å². The molecule has 0 spiro atoms. The number of rotatable bonds is 7. The van der Waals surface area contributed by atoms with E-state index >= 15 is 0 Å². The molecule has 214 valence electrons. The van der Waals surface area contributed by atoms with Crippen molar-refractivity contribution in [3.8, 4) is 11.1 Å². The Morgan fingerprint density at radius 1 is 0.810 bits per heavy atom. The molecule has 1 aromatic heterocycles. The first-order valence-electron chi connectivity index (χ1n) is 14.8. The number of hydrogen-bond acceptors (Lipinski definition) is 2. The lowest BCUT2D eigenvalue weighted by Crippen LogP contribution is -2.39. The highest BCUT2D eigenvalue weighted by atomic mass is 19.4. The second-order valence-corrected chi connectivity index (χ2v) is 11.4. The minimum absolute atomic E-state index is 0.0416. The highest BCUT2D eigenvalue weighted by Gasteiger charge is 2.35. The third-order valence-corrected chi connectivity index (χ3v) is 8.43. The van der Waals surface area contributed by atoms with Crippen LogP contribution in [0, 0.1) is 0 Å². The second kappa shape index (κ2) is 12.0. The number of hydrogen-bond donors (Lipinski definition) is 0. The largest absolute Gasteiger partial charge is 0.414 e. The van der Waals surface area contributed by atoms with Gasteiger partial charge in [-0.2, -0.15) is 13.2 Å². The first-order chi connectivity index (χ1) is 20.4. The lowest BCUT2D eigenvalue weighted by Gasteiger charge is -2.30. The Bertz CT molecular complexity index is 1710. The van der Waals surface area contributed by atoms with E-state index in [9.17, 15) is 13.2 Å². The molecule has 0 N–H and O–H groups in total. The predicted octanol–water partition coefficient (Wildman–Crippen LogP) is 7.67. The highest BCUT2D eigenvalue weighted by molar-refractivity contribution is 5.72. The molecule has 3 aromatic carbocycles. The summed E-state index contributed by atoms with van der Waals surface area (Å²) in [4.78, 5) is 6.79. The molecule has 2 nitrogen and oxygen atoms in total. The molecular formula is C37H35F3N2. The van der Waals surface area contributed by atoms with Crippen LogP contribution in [0.25, 0.3) is 28.5 Å². The Morgan fingerprint density at radius 2 is 1.52 bits per heavy atom. The van der Waals surface area contributed by atoms with E-state index in [1.54, 1.807) is 6.20 Å². The number of fused-ring (bicyclic) bond motifs is 1. The minimum Gasteiger partial charge on any atom is -0.372 e. The number of likely N-dealkylation sites (tertiary alicyclic amines) is 1. The van der Waals surface area contributed by atoms with Gasteiger partial charge >= 0.3 is 6.18 Å². The zero-order valence-electron chi connectivity index (χ0n) is 23.8.